The number of hydrogen-bond acceptors (Lipinski definition) is 6. The average Bonchev–Trinajstić information content (AvgIpc) is 3.42. The normalized spacial score (nSPS) is 13.7. The van der Waals surface area contributed by atoms with Crippen molar-refractivity contribution in [1.29, 1.82) is 0 Å². The van der Waals surface area contributed by atoms with E-state index in [0.717, 1.165) is 44.9 Å². The Morgan fingerprint density at radius 2 is 0.725 bits per heavy atom. The third kappa shape index (κ3) is 64.5. The zero-order chi connectivity index (χ0) is 58.4. The van der Waals surface area contributed by atoms with Gasteiger partial charge in [0, 0.05) is 6.42 Å². The molecule has 0 aliphatic carbocycles. The van der Waals surface area contributed by atoms with Gasteiger partial charge in [0.05, 0.1) is 39.9 Å². The standard InChI is InChI=1S/C71H141N2O6P/c1-6-8-10-12-14-16-18-20-22-24-26-27-28-29-30-31-32-33-34-35-36-37-38-39-40-41-42-43-44-45-47-49-51-53-55-57-59-61-63-65-71(75)72-69(68-79-80(76,77)78-67-66-73(3,4)5)70(74)64-62-60-58-56-54-52-50-48-46-25-23-21-19-17-15-13-11-9-7-2/h18,20,24,26,69-70,74H,6-17,19,21-23,25,27-68H2,1-5H3,(H-,72,75,76,77)/b20-18-,26-24-. The molecule has 0 aromatic rings. The Bertz CT molecular complexity index is 1350. The van der Waals surface area contributed by atoms with E-state index in [4.69, 9.17) is 9.05 Å². The number of nitrogens with zero attached hydrogens (tertiary/aromatic N) is 1. The number of amides is 1. The number of unbranched alkanes of at least 4 members (excludes halogenated alkanes) is 50. The van der Waals surface area contributed by atoms with E-state index in [0.29, 0.717) is 23.9 Å². The molecule has 0 spiro atoms. The van der Waals surface area contributed by atoms with Gasteiger partial charge in [-0.2, -0.15) is 0 Å². The second-order valence-corrected chi connectivity index (χ2v) is 27.4. The average molecular weight is 1150 g/mol. The fraction of sp³-hybridized carbons (Fsp3) is 0.930. The van der Waals surface area contributed by atoms with Crippen LogP contribution in [0.3, 0.4) is 0 Å². The Hall–Kier alpha value is -1.02. The molecule has 0 rings (SSSR count). The molecule has 0 fully saturated rings. The number of nitrogens with one attached hydrogen (secondary N) is 1. The van der Waals surface area contributed by atoms with Crippen LogP contribution < -0.4 is 10.2 Å². The van der Waals surface area contributed by atoms with Gasteiger partial charge in [-0.15, -0.1) is 0 Å². The summed E-state index contributed by atoms with van der Waals surface area (Å²) in [5.41, 5.74) is 0. The van der Waals surface area contributed by atoms with Crippen LogP contribution in [0.2, 0.25) is 0 Å². The second-order valence-electron chi connectivity index (χ2n) is 26.0. The van der Waals surface area contributed by atoms with Gasteiger partial charge in [-0.25, -0.2) is 0 Å². The van der Waals surface area contributed by atoms with Crippen molar-refractivity contribution in [2.24, 2.45) is 0 Å². The molecule has 0 heterocycles. The first kappa shape index (κ1) is 79.0. The van der Waals surface area contributed by atoms with E-state index in [1.165, 1.54) is 302 Å². The first-order valence-corrected chi connectivity index (χ1v) is 37.1. The monoisotopic (exact) mass is 1150 g/mol. The van der Waals surface area contributed by atoms with Gasteiger partial charge < -0.3 is 28.8 Å². The van der Waals surface area contributed by atoms with E-state index in [2.05, 4.69) is 43.5 Å². The predicted octanol–water partition coefficient (Wildman–Crippen LogP) is 22.0. The summed E-state index contributed by atoms with van der Waals surface area (Å²) in [5.74, 6) is -0.156. The van der Waals surface area contributed by atoms with E-state index in [9.17, 15) is 19.4 Å². The topological polar surface area (TPSA) is 108 Å². The minimum Gasteiger partial charge on any atom is -0.756 e. The quantitative estimate of drug-likeness (QED) is 0.0272. The number of aliphatic hydroxyl groups is 1. The van der Waals surface area contributed by atoms with E-state index in [1.807, 2.05) is 21.1 Å². The maximum atomic E-state index is 13.0. The van der Waals surface area contributed by atoms with Crippen molar-refractivity contribution in [1.82, 2.24) is 5.32 Å². The van der Waals surface area contributed by atoms with Crippen LogP contribution in [0.15, 0.2) is 24.3 Å². The molecule has 9 heteroatoms. The van der Waals surface area contributed by atoms with E-state index < -0.39 is 20.0 Å². The number of quaternary nitrogens is 1. The van der Waals surface area contributed by atoms with Gasteiger partial charge in [0.2, 0.25) is 5.91 Å². The minimum atomic E-state index is -4.57. The second kappa shape index (κ2) is 62.5. The smallest absolute Gasteiger partial charge is 0.268 e. The zero-order valence-electron chi connectivity index (χ0n) is 54.6. The number of hydrogen-bond donors (Lipinski definition) is 2. The molecule has 0 radical (unpaired) electrons. The molecule has 0 bridgehead atoms. The van der Waals surface area contributed by atoms with Crippen LogP contribution in [0, 0.1) is 0 Å². The molecule has 476 valence electrons. The van der Waals surface area contributed by atoms with Crippen LogP contribution >= 0.6 is 7.82 Å². The van der Waals surface area contributed by atoms with Crippen molar-refractivity contribution in [3.63, 3.8) is 0 Å². The third-order valence-corrected chi connectivity index (χ3v) is 17.7. The maximum Gasteiger partial charge on any atom is 0.268 e. The summed E-state index contributed by atoms with van der Waals surface area (Å²) in [4.78, 5) is 25.6. The molecular formula is C71H141N2O6P. The lowest BCUT2D eigenvalue weighted by atomic mass is 10.0. The molecular weight excluding hydrogens is 1010 g/mol. The van der Waals surface area contributed by atoms with E-state index >= 15 is 0 Å². The number of allylic oxidation sites excluding steroid dienone is 4. The van der Waals surface area contributed by atoms with Crippen molar-refractivity contribution in [2.45, 2.75) is 386 Å². The van der Waals surface area contributed by atoms with Gasteiger partial charge in [0.15, 0.2) is 0 Å². The molecule has 0 saturated carbocycles. The molecule has 0 saturated heterocycles. The number of likely N-dealkylation sites (N-methyl/N-ethyl adjacent to an activating group) is 1. The number of carbonyl (C=O) groups is 1. The lowest BCUT2D eigenvalue weighted by molar-refractivity contribution is -0.870. The molecule has 0 aliphatic rings. The van der Waals surface area contributed by atoms with Gasteiger partial charge in [-0.3, -0.25) is 9.36 Å². The maximum absolute atomic E-state index is 13.0. The molecule has 2 N–H and O–H groups in total. The lowest BCUT2D eigenvalue weighted by Gasteiger charge is -2.30. The molecule has 0 aromatic carbocycles. The Labute approximate surface area is 500 Å². The number of rotatable bonds is 67. The fourth-order valence-electron chi connectivity index (χ4n) is 11.1. The van der Waals surface area contributed by atoms with E-state index in [1.54, 1.807) is 0 Å². The molecule has 3 unspecified atom stereocenters. The molecule has 1 amide bonds. The van der Waals surface area contributed by atoms with Gasteiger partial charge in [0.1, 0.15) is 13.2 Å². The van der Waals surface area contributed by atoms with Gasteiger partial charge >= 0.3 is 0 Å². The largest absolute Gasteiger partial charge is 0.756 e. The summed E-state index contributed by atoms with van der Waals surface area (Å²) in [5, 5.41) is 14.1. The summed E-state index contributed by atoms with van der Waals surface area (Å²) < 4.78 is 23.5. The zero-order valence-corrected chi connectivity index (χ0v) is 55.5. The van der Waals surface area contributed by atoms with Gasteiger partial charge in [-0.1, -0.05) is 346 Å². The Morgan fingerprint density at radius 1 is 0.438 bits per heavy atom. The van der Waals surface area contributed by atoms with Gasteiger partial charge in [-0.05, 0) is 44.9 Å². The molecule has 3 atom stereocenters. The van der Waals surface area contributed by atoms with Crippen LogP contribution in [0.5, 0.6) is 0 Å². The van der Waals surface area contributed by atoms with Crippen molar-refractivity contribution < 1.29 is 32.9 Å². The number of phosphoric ester groups is 1. The first-order valence-electron chi connectivity index (χ1n) is 35.7. The number of aliphatic hydroxyl groups excluding tert-OH is 1. The van der Waals surface area contributed by atoms with Crippen LogP contribution in [0.1, 0.15) is 373 Å². The third-order valence-electron chi connectivity index (χ3n) is 16.7. The summed E-state index contributed by atoms with van der Waals surface area (Å²) in [7, 11) is 1.33. The van der Waals surface area contributed by atoms with Crippen molar-refractivity contribution in [2.75, 3.05) is 40.9 Å². The van der Waals surface area contributed by atoms with E-state index in [-0.39, 0.29) is 19.1 Å². The SMILES string of the molecule is CCCCCCC/C=C\C/C=C\CCCCCCCCCCCCCCCCCCCCCCCCCCCCCC(=O)NC(COP(=O)([O-])OCC[N+](C)(C)C)C(O)CCCCCCCCCCCCCCCCCCCCC. The first-order chi connectivity index (χ1) is 39.0. The Morgan fingerprint density at radius 3 is 1.04 bits per heavy atom. The molecule has 80 heavy (non-hydrogen) atoms. The summed E-state index contributed by atoms with van der Waals surface area (Å²) in [6.07, 6.45) is 81.3. The summed E-state index contributed by atoms with van der Waals surface area (Å²) in [6, 6.07) is -0.798. The lowest BCUT2D eigenvalue weighted by Crippen LogP contribution is -2.46. The van der Waals surface area contributed by atoms with Crippen molar-refractivity contribution >= 4 is 13.7 Å². The number of carbonyl (C=O) groups excluding carboxylic acids is 1. The van der Waals surface area contributed by atoms with Crippen LogP contribution in [-0.4, -0.2) is 68.5 Å². The molecule has 8 nitrogen and oxygen atoms in total. The van der Waals surface area contributed by atoms with Crippen LogP contribution in [0.25, 0.3) is 0 Å². The van der Waals surface area contributed by atoms with Crippen LogP contribution in [-0.2, 0) is 18.4 Å². The summed E-state index contributed by atoms with van der Waals surface area (Å²) in [6.45, 7) is 4.77. The number of phosphoric acid groups is 1. The fourth-order valence-corrected chi connectivity index (χ4v) is 11.9. The highest BCUT2D eigenvalue weighted by atomic mass is 31.2. The molecule has 0 aromatic heterocycles. The Kier molecular flexibility index (Phi) is 61.7. The Balaban J connectivity index is 3.88. The predicted molar refractivity (Wildman–Crippen MR) is 349 cm³/mol. The van der Waals surface area contributed by atoms with Crippen molar-refractivity contribution in [3.05, 3.63) is 24.3 Å². The highest BCUT2D eigenvalue weighted by Crippen LogP contribution is 2.38. The van der Waals surface area contributed by atoms with Crippen LogP contribution in [0.4, 0.5) is 0 Å². The van der Waals surface area contributed by atoms with Gasteiger partial charge in [0.25, 0.3) is 7.82 Å². The molecule has 0 aliphatic heterocycles. The summed E-state index contributed by atoms with van der Waals surface area (Å²) >= 11 is 0. The van der Waals surface area contributed by atoms with Crippen molar-refractivity contribution in [3.8, 4) is 0 Å². The highest BCUT2D eigenvalue weighted by molar-refractivity contribution is 7.45. The highest BCUT2D eigenvalue weighted by Gasteiger charge is 2.24. The minimum absolute atomic E-state index is 0.0156.